The zero-order valence-electron chi connectivity index (χ0n) is 15.6. The Bertz CT molecular complexity index is 955. The van der Waals surface area contributed by atoms with Gasteiger partial charge in [-0.2, -0.15) is 0 Å². The largest absolute Gasteiger partial charge is 0.457 e. The van der Waals surface area contributed by atoms with E-state index < -0.39 is 0 Å². The smallest absolute Gasteiger partial charge is 0.259 e. The average Bonchev–Trinajstić information content (AvgIpc) is 2.73. The molecule has 0 saturated carbocycles. The summed E-state index contributed by atoms with van der Waals surface area (Å²) in [4.78, 5) is 25.3. The van der Waals surface area contributed by atoms with Gasteiger partial charge in [-0.1, -0.05) is 49.4 Å². The van der Waals surface area contributed by atoms with Crippen molar-refractivity contribution in [3.63, 3.8) is 0 Å². The van der Waals surface area contributed by atoms with Crippen LogP contribution in [0.4, 0.5) is 5.69 Å². The van der Waals surface area contributed by atoms with Crippen LogP contribution < -0.4 is 15.4 Å². The third kappa shape index (κ3) is 4.76. The van der Waals surface area contributed by atoms with Crippen LogP contribution in [0.3, 0.4) is 0 Å². The molecule has 28 heavy (non-hydrogen) atoms. The molecule has 5 nitrogen and oxygen atoms in total. The lowest BCUT2D eigenvalue weighted by Crippen LogP contribution is -2.25. The zero-order chi connectivity index (χ0) is 19.8. The lowest BCUT2D eigenvalue weighted by atomic mass is 10.1. The van der Waals surface area contributed by atoms with E-state index in [4.69, 9.17) is 4.74 Å². The third-order valence-corrected chi connectivity index (χ3v) is 4.06. The first-order chi connectivity index (χ1) is 13.7. The number of nitrogens with one attached hydrogen (secondary N) is 2. The van der Waals surface area contributed by atoms with Crippen LogP contribution in [0.2, 0.25) is 0 Å². The second-order valence-electron chi connectivity index (χ2n) is 6.17. The third-order valence-electron chi connectivity index (χ3n) is 4.06. The summed E-state index contributed by atoms with van der Waals surface area (Å²) >= 11 is 0. The van der Waals surface area contributed by atoms with Gasteiger partial charge in [0.2, 0.25) is 0 Å². The highest BCUT2D eigenvalue weighted by Crippen LogP contribution is 2.26. The maximum atomic E-state index is 12.9. The fourth-order valence-electron chi connectivity index (χ4n) is 2.67. The molecule has 142 valence electrons. The summed E-state index contributed by atoms with van der Waals surface area (Å²) in [7, 11) is 0. The molecule has 0 aliphatic rings. The van der Waals surface area contributed by atoms with E-state index in [0.29, 0.717) is 34.9 Å². The van der Waals surface area contributed by atoms with Crippen LogP contribution in [0.5, 0.6) is 11.5 Å². The number of carbonyl (C=O) groups excluding carboxylic acids is 2. The van der Waals surface area contributed by atoms with Gasteiger partial charge in [-0.3, -0.25) is 9.59 Å². The highest BCUT2D eigenvalue weighted by molar-refractivity contribution is 6.10. The van der Waals surface area contributed by atoms with Crippen molar-refractivity contribution in [2.75, 3.05) is 11.9 Å². The van der Waals surface area contributed by atoms with E-state index in [-0.39, 0.29) is 11.8 Å². The summed E-state index contributed by atoms with van der Waals surface area (Å²) in [5.41, 5.74) is 1.26. The fraction of sp³-hybridized carbons (Fsp3) is 0.130. The van der Waals surface area contributed by atoms with Gasteiger partial charge >= 0.3 is 0 Å². The molecular weight excluding hydrogens is 352 g/mol. The average molecular weight is 374 g/mol. The van der Waals surface area contributed by atoms with E-state index in [9.17, 15) is 9.59 Å². The van der Waals surface area contributed by atoms with Crippen LogP contribution in [0.25, 0.3) is 0 Å². The summed E-state index contributed by atoms with van der Waals surface area (Å²) in [6.45, 7) is 2.56. The SMILES string of the molecule is CCCNC(=O)c1ccccc1NC(=O)c1ccccc1Oc1ccccc1. The van der Waals surface area contributed by atoms with Gasteiger partial charge < -0.3 is 15.4 Å². The normalized spacial score (nSPS) is 10.2. The number of hydrogen-bond acceptors (Lipinski definition) is 3. The minimum atomic E-state index is -0.345. The van der Waals surface area contributed by atoms with Crippen molar-refractivity contribution in [1.82, 2.24) is 5.32 Å². The van der Waals surface area contributed by atoms with E-state index in [2.05, 4.69) is 10.6 Å². The first-order valence-corrected chi connectivity index (χ1v) is 9.19. The quantitative estimate of drug-likeness (QED) is 0.620. The van der Waals surface area contributed by atoms with E-state index in [1.54, 1.807) is 48.5 Å². The van der Waals surface area contributed by atoms with Gasteiger partial charge in [0.25, 0.3) is 11.8 Å². The van der Waals surface area contributed by atoms with Crippen LogP contribution in [-0.4, -0.2) is 18.4 Å². The Kier molecular flexibility index (Phi) is 6.41. The fourth-order valence-corrected chi connectivity index (χ4v) is 2.67. The van der Waals surface area contributed by atoms with Gasteiger partial charge in [-0.15, -0.1) is 0 Å². The van der Waals surface area contributed by atoms with Crippen molar-refractivity contribution >= 4 is 17.5 Å². The minimum Gasteiger partial charge on any atom is -0.457 e. The number of anilines is 1. The summed E-state index contributed by atoms with van der Waals surface area (Å²) in [6, 6.07) is 23.2. The standard InChI is InChI=1S/C23H22N2O3/c1-2-16-24-22(26)18-12-6-8-14-20(18)25-23(27)19-13-7-9-15-21(19)28-17-10-4-3-5-11-17/h3-15H,2,16H2,1H3,(H,24,26)(H,25,27). The Morgan fingerprint density at radius 2 is 1.43 bits per heavy atom. The Labute approximate surface area is 164 Å². The van der Waals surface area contributed by atoms with E-state index in [0.717, 1.165) is 6.42 Å². The van der Waals surface area contributed by atoms with Gasteiger partial charge in [0.1, 0.15) is 11.5 Å². The Morgan fingerprint density at radius 3 is 2.18 bits per heavy atom. The first-order valence-electron chi connectivity index (χ1n) is 9.19. The van der Waals surface area contributed by atoms with E-state index in [1.807, 2.05) is 37.3 Å². The Morgan fingerprint density at radius 1 is 0.786 bits per heavy atom. The molecule has 0 atom stereocenters. The number of benzene rings is 3. The molecule has 3 aromatic carbocycles. The van der Waals surface area contributed by atoms with Crippen molar-refractivity contribution in [2.45, 2.75) is 13.3 Å². The van der Waals surface area contributed by atoms with Crippen LogP contribution >= 0.6 is 0 Å². The molecule has 0 heterocycles. The molecular formula is C23H22N2O3. The van der Waals surface area contributed by atoms with Crippen molar-refractivity contribution < 1.29 is 14.3 Å². The number of amides is 2. The maximum absolute atomic E-state index is 12.9. The summed E-state index contributed by atoms with van der Waals surface area (Å²) < 4.78 is 5.86. The van der Waals surface area contributed by atoms with Crippen LogP contribution in [0, 0.1) is 0 Å². The molecule has 2 N–H and O–H groups in total. The van der Waals surface area contributed by atoms with Crippen molar-refractivity contribution in [3.05, 3.63) is 90.0 Å². The second kappa shape index (κ2) is 9.37. The molecule has 0 spiro atoms. The number of hydrogen-bond donors (Lipinski definition) is 2. The molecule has 5 heteroatoms. The van der Waals surface area contributed by atoms with E-state index >= 15 is 0 Å². The molecule has 0 aromatic heterocycles. The monoisotopic (exact) mass is 374 g/mol. The van der Waals surface area contributed by atoms with Crippen molar-refractivity contribution in [1.29, 1.82) is 0 Å². The topological polar surface area (TPSA) is 67.4 Å². The predicted octanol–water partition coefficient (Wildman–Crippen LogP) is 4.87. The molecule has 2 amide bonds. The molecule has 0 radical (unpaired) electrons. The first kappa shape index (κ1) is 19.2. The molecule has 0 aliphatic heterocycles. The van der Waals surface area contributed by atoms with Crippen molar-refractivity contribution in [3.8, 4) is 11.5 Å². The number of ether oxygens (including phenoxy) is 1. The van der Waals surface area contributed by atoms with Gasteiger partial charge in [-0.25, -0.2) is 0 Å². The number of rotatable bonds is 7. The molecule has 3 rings (SSSR count). The maximum Gasteiger partial charge on any atom is 0.259 e. The Hall–Kier alpha value is -3.60. The number of carbonyl (C=O) groups is 2. The molecule has 3 aromatic rings. The molecule has 0 fully saturated rings. The summed E-state index contributed by atoms with van der Waals surface area (Å²) in [6.07, 6.45) is 0.838. The van der Waals surface area contributed by atoms with Gasteiger partial charge in [0.15, 0.2) is 0 Å². The summed E-state index contributed by atoms with van der Waals surface area (Å²) in [5.74, 6) is 0.523. The van der Waals surface area contributed by atoms with Crippen molar-refractivity contribution in [2.24, 2.45) is 0 Å². The summed E-state index contributed by atoms with van der Waals surface area (Å²) in [5, 5.41) is 5.66. The zero-order valence-corrected chi connectivity index (χ0v) is 15.6. The molecule has 0 unspecified atom stereocenters. The van der Waals surface area contributed by atoms with Gasteiger partial charge in [-0.05, 0) is 42.8 Å². The van der Waals surface area contributed by atoms with E-state index in [1.165, 1.54) is 0 Å². The lowest BCUT2D eigenvalue weighted by molar-refractivity contribution is 0.0954. The number of para-hydroxylation sites is 3. The second-order valence-corrected chi connectivity index (χ2v) is 6.17. The predicted molar refractivity (Wildman–Crippen MR) is 110 cm³/mol. The van der Waals surface area contributed by atoms with Gasteiger partial charge in [0, 0.05) is 6.54 Å². The Balaban J connectivity index is 1.82. The highest BCUT2D eigenvalue weighted by Gasteiger charge is 2.16. The molecule has 0 saturated heterocycles. The van der Waals surface area contributed by atoms with Crippen LogP contribution in [0.1, 0.15) is 34.1 Å². The molecule has 0 aliphatic carbocycles. The molecule has 0 bridgehead atoms. The van der Waals surface area contributed by atoms with Gasteiger partial charge in [0.05, 0.1) is 16.8 Å². The van der Waals surface area contributed by atoms with Crippen LogP contribution in [0.15, 0.2) is 78.9 Å². The highest BCUT2D eigenvalue weighted by atomic mass is 16.5. The minimum absolute atomic E-state index is 0.216. The lowest BCUT2D eigenvalue weighted by Gasteiger charge is -2.13. The van der Waals surface area contributed by atoms with Crippen LogP contribution in [-0.2, 0) is 0 Å².